The number of allylic oxidation sites excluding steroid dienone is 1. The highest BCUT2D eigenvalue weighted by molar-refractivity contribution is 6.36. The van der Waals surface area contributed by atoms with E-state index in [-0.39, 0.29) is 45.4 Å². The number of hydrogen-bond donors (Lipinski definition) is 1. The van der Waals surface area contributed by atoms with Crippen LogP contribution in [0.15, 0.2) is 52.7 Å². The fourth-order valence-corrected chi connectivity index (χ4v) is 7.52. The van der Waals surface area contributed by atoms with Crippen LogP contribution in [0.4, 0.5) is 5.95 Å². The van der Waals surface area contributed by atoms with E-state index in [4.69, 9.17) is 25.8 Å². The van der Waals surface area contributed by atoms with Crippen molar-refractivity contribution in [2.75, 3.05) is 19.5 Å². The van der Waals surface area contributed by atoms with Crippen LogP contribution in [0.2, 0.25) is 5.02 Å². The summed E-state index contributed by atoms with van der Waals surface area (Å²) in [5, 5.41) is 8.64. The Balaban J connectivity index is 1.35. The van der Waals surface area contributed by atoms with Crippen molar-refractivity contribution >= 4 is 40.0 Å². The third-order valence-corrected chi connectivity index (χ3v) is 9.59. The van der Waals surface area contributed by atoms with Gasteiger partial charge in [-0.1, -0.05) is 36.7 Å². The number of rotatable bonds is 3. The fourth-order valence-electron chi connectivity index (χ4n) is 7.26. The molecular formula is C31H26ClN5O6. The molecule has 1 unspecified atom stereocenters. The highest BCUT2D eigenvalue weighted by Crippen LogP contribution is 2.55. The van der Waals surface area contributed by atoms with E-state index in [1.165, 1.54) is 31.3 Å². The van der Waals surface area contributed by atoms with Gasteiger partial charge in [0.15, 0.2) is 5.75 Å². The van der Waals surface area contributed by atoms with Gasteiger partial charge in [-0.25, -0.2) is 4.68 Å². The number of aromatic nitrogens is 4. The zero-order valence-electron chi connectivity index (χ0n) is 23.6. The second kappa shape index (κ2) is 8.93. The first-order valence-electron chi connectivity index (χ1n) is 14.1. The van der Waals surface area contributed by atoms with Crippen LogP contribution < -0.4 is 25.1 Å². The predicted molar refractivity (Wildman–Crippen MR) is 156 cm³/mol. The number of nitrogens with one attached hydrogen (secondary N) is 1. The highest BCUT2D eigenvalue weighted by Gasteiger charge is 2.64. The summed E-state index contributed by atoms with van der Waals surface area (Å²) in [4.78, 5) is 47.9. The maximum atomic E-state index is 14.9. The summed E-state index contributed by atoms with van der Waals surface area (Å²) in [5.41, 5.74) is 1.13. The van der Waals surface area contributed by atoms with Crippen molar-refractivity contribution < 1.29 is 23.8 Å². The predicted octanol–water partition coefficient (Wildman–Crippen LogP) is 4.10. The molecule has 0 radical (unpaired) electrons. The van der Waals surface area contributed by atoms with Gasteiger partial charge >= 0.3 is 0 Å². The van der Waals surface area contributed by atoms with Crippen molar-refractivity contribution in [2.24, 2.45) is 5.92 Å². The smallest absolute Gasteiger partial charge is 0.256 e. The minimum atomic E-state index is -1.93. The second-order valence-corrected chi connectivity index (χ2v) is 11.7. The van der Waals surface area contributed by atoms with Crippen molar-refractivity contribution in [1.82, 2.24) is 19.3 Å². The third kappa shape index (κ3) is 3.22. The van der Waals surface area contributed by atoms with Crippen LogP contribution in [-0.4, -0.2) is 50.7 Å². The Hall–Kier alpha value is -4.64. The molecule has 8 rings (SSSR count). The monoisotopic (exact) mass is 599 g/mol. The average molecular weight is 600 g/mol. The minimum absolute atomic E-state index is 0.0385. The fraction of sp³-hybridized carbons (Fsp3) is 0.323. The van der Waals surface area contributed by atoms with Crippen molar-refractivity contribution in [3.05, 3.63) is 80.0 Å². The molecule has 2 aromatic carbocycles. The van der Waals surface area contributed by atoms with Crippen molar-refractivity contribution in [2.45, 2.75) is 44.4 Å². The van der Waals surface area contributed by atoms with E-state index in [1.54, 1.807) is 11.5 Å². The number of hydrogen-bond acceptors (Lipinski definition) is 9. The molecule has 11 nitrogen and oxygen atoms in total. The summed E-state index contributed by atoms with van der Waals surface area (Å²) in [7, 11) is 2.86. The Kier molecular flexibility index (Phi) is 5.41. The molecule has 4 aromatic rings. The Morgan fingerprint density at radius 2 is 1.93 bits per heavy atom. The van der Waals surface area contributed by atoms with Gasteiger partial charge in [-0.2, -0.15) is 10.1 Å². The SMILES string of the molecule is COc1cc(OC)c2c(c1Cl)O[C@@]1(C(=O)C3=C(C[C@H]1C)Nc1ncnn1C3c1cc3cccc4c3n(c1=O)CCC4)C2=O. The van der Waals surface area contributed by atoms with E-state index in [2.05, 4.69) is 15.4 Å². The number of carbonyl (C=O) groups is 2. The molecule has 5 heterocycles. The summed E-state index contributed by atoms with van der Waals surface area (Å²) < 4.78 is 20.6. The number of para-hydroxylation sites is 1. The molecule has 12 heteroatoms. The first-order valence-corrected chi connectivity index (χ1v) is 14.5. The third-order valence-electron chi connectivity index (χ3n) is 9.23. The number of benzene rings is 2. The average Bonchev–Trinajstić information content (AvgIpc) is 3.61. The Morgan fingerprint density at radius 3 is 2.72 bits per heavy atom. The molecule has 0 fully saturated rings. The van der Waals surface area contributed by atoms with Gasteiger partial charge in [0, 0.05) is 35.4 Å². The summed E-state index contributed by atoms with van der Waals surface area (Å²) in [6.45, 7) is 2.35. The van der Waals surface area contributed by atoms with Crippen LogP contribution in [0.5, 0.6) is 17.2 Å². The first-order chi connectivity index (χ1) is 20.8. The molecule has 1 N–H and O–H groups in total. The quantitative estimate of drug-likeness (QED) is 0.346. The van der Waals surface area contributed by atoms with Crippen molar-refractivity contribution in [3.63, 3.8) is 0 Å². The number of nitrogens with zero attached hydrogens (tertiary/aromatic N) is 4. The second-order valence-electron chi connectivity index (χ2n) is 11.4. The number of halogens is 1. The first kappa shape index (κ1) is 26.0. The number of methoxy groups -OCH3 is 2. The van der Waals surface area contributed by atoms with Crippen LogP contribution in [0.3, 0.4) is 0 Å². The molecule has 2 aromatic heterocycles. The van der Waals surface area contributed by atoms with Crippen LogP contribution in [0.25, 0.3) is 10.9 Å². The molecule has 0 saturated heterocycles. The van der Waals surface area contributed by atoms with Crippen molar-refractivity contribution in [3.8, 4) is 17.2 Å². The van der Waals surface area contributed by atoms with Gasteiger partial charge in [-0.15, -0.1) is 0 Å². The number of fused-ring (bicyclic) bond motifs is 2. The van der Waals surface area contributed by atoms with E-state index in [0.717, 1.165) is 29.3 Å². The van der Waals surface area contributed by atoms with E-state index >= 15 is 0 Å². The molecule has 218 valence electrons. The molecule has 1 aliphatic carbocycles. The molecule has 43 heavy (non-hydrogen) atoms. The molecule has 0 saturated carbocycles. The molecular weight excluding hydrogens is 574 g/mol. The number of ketones is 2. The van der Waals surface area contributed by atoms with Gasteiger partial charge in [0.2, 0.25) is 23.1 Å². The zero-order chi connectivity index (χ0) is 29.8. The van der Waals surface area contributed by atoms with Gasteiger partial charge < -0.3 is 24.1 Å². The van der Waals surface area contributed by atoms with E-state index in [1.807, 2.05) is 24.3 Å². The molecule has 3 aliphatic heterocycles. The van der Waals surface area contributed by atoms with Gasteiger partial charge in [-0.05, 0) is 36.3 Å². The lowest BCUT2D eigenvalue weighted by molar-refractivity contribution is -0.130. The summed E-state index contributed by atoms with van der Waals surface area (Å²) in [6, 6.07) is 8.39. The van der Waals surface area contributed by atoms with Crippen molar-refractivity contribution in [1.29, 1.82) is 0 Å². The van der Waals surface area contributed by atoms with Gasteiger partial charge in [0.05, 0.1) is 19.7 Å². The van der Waals surface area contributed by atoms with Crippen LogP contribution in [0, 0.1) is 5.92 Å². The Morgan fingerprint density at radius 1 is 1.12 bits per heavy atom. The maximum Gasteiger partial charge on any atom is 0.256 e. The standard InChI is InChI=1S/C31H26ClN5O6/c1-14-10-18-21(27(38)31(14)28(39)22-19(41-2)12-20(42-3)23(32)26(22)43-31)25(37-30(35-18)33-13-34-37)17-11-16-7-4-6-15-8-5-9-36(24(15)16)29(17)40/h4,6-7,11-14,25H,5,8-10H2,1-3H3,(H,33,34,35)/t14-,25?,31+/m1/s1. The lowest BCUT2D eigenvalue weighted by atomic mass is 9.69. The van der Waals surface area contributed by atoms with E-state index in [0.29, 0.717) is 23.8 Å². The lowest BCUT2D eigenvalue weighted by Crippen LogP contribution is -2.58. The van der Waals surface area contributed by atoms with Crippen LogP contribution in [0.1, 0.15) is 47.3 Å². The number of Topliss-reactive ketones (excluding diaryl/α,β-unsaturated/α-hetero) is 2. The molecule has 4 aliphatic rings. The molecule has 1 spiro atoms. The molecule has 0 bridgehead atoms. The molecule has 3 atom stereocenters. The van der Waals surface area contributed by atoms with E-state index in [9.17, 15) is 14.4 Å². The lowest BCUT2D eigenvalue weighted by Gasteiger charge is -2.41. The number of ether oxygens (including phenoxy) is 3. The summed E-state index contributed by atoms with van der Waals surface area (Å²) in [6.07, 6.45) is 3.37. The topological polar surface area (TPSA) is 127 Å². The Labute approximate surface area is 250 Å². The molecule has 0 amide bonds. The van der Waals surface area contributed by atoms with Crippen LogP contribution >= 0.6 is 11.6 Å². The number of pyridine rings is 1. The van der Waals surface area contributed by atoms with E-state index < -0.39 is 29.1 Å². The summed E-state index contributed by atoms with van der Waals surface area (Å²) in [5.74, 6) is -0.831. The summed E-state index contributed by atoms with van der Waals surface area (Å²) >= 11 is 6.63. The number of carbonyl (C=O) groups excluding carboxylic acids is 2. The Bertz CT molecular complexity index is 2030. The highest BCUT2D eigenvalue weighted by atomic mass is 35.5. The van der Waals surface area contributed by atoms with Gasteiger partial charge in [0.1, 0.15) is 34.5 Å². The number of anilines is 1. The minimum Gasteiger partial charge on any atom is -0.496 e. The maximum absolute atomic E-state index is 14.9. The normalized spacial score (nSPS) is 23.5. The number of aryl methyl sites for hydroxylation is 2. The van der Waals surface area contributed by atoms with Gasteiger partial charge in [-0.3, -0.25) is 14.4 Å². The zero-order valence-corrected chi connectivity index (χ0v) is 24.3. The van der Waals surface area contributed by atoms with Crippen LogP contribution in [-0.2, 0) is 17.8 Å². The van der Waals surface area contributed by atoms with Gasteiger partial charge in [0.25, 0.3) is 5.56 Å². The largest absolute Gasteiger partial charge is 0.496 e.